The van der Waals surface area contributed by atoms with Gasteiger partial charge in [0.25, 0.3) is 5.91 Å². The molecule has 0 aliphatic rings. The standard InChI is InChI=1S/C11H18N2O2S/c1-7(5-4-6-14)12-11(15)10-8(2)13-9(3)16-10/h7,14H,4-6H2,1-3H3,(H,12,15). The van der Waals surface area contributed by atoms with Gasteiger partial charge in [0, 0.05) is 12.6 Å². The van der Waals surface area contributed by atoms with Crippen LogP contribution in [0.2, 0.25) is 0 Å². The number of amides is 1. The molecule has 1 aromatic rings. The summed E-state index contributed by atoms with van der Waals surface area (Å²) in [5, 5.41) is 12.5. The highest BCUT2D eigenvalue weighted by molar-refractivity contribution is 7.13. The summed E-state index contributed by atoms with van der Waals surface area (Å²) in [7, 11) is 0. The number of aliphatic hydroxyl groups is 1. The molecule has 1 rings (SSSR count). The van der Waals surface area contributed by atoms with Gasteiger partial charge in [-0.25, -0.2) is 4.98 Å². The van der Waals surface area contributed by atoms with Gasteiger partial charge in [0.15, 0.2) is 0 Å². The highest BCUT2D eigenvalue weighted by Gasteiger charge is 2.15. The second kappa shape index (κ2) is 5.96. The molecule has 0 spiro atoms. The van der Waals surface area contributed by atoms with Crippen molar-refractivity contribution in [1.29, 1.82) is 0 Å². The maximum absolute atomic E-state index is 11.8. The fourth-order valence-corrected chi connectivity index (χ4v) is 2.32. The first-order chi connectivity index (χ1) is 7.54. The predicted octanol–water partition coefficient (Wildman–Crippen LogP) is 1.65. The molecule has 0 aliphatic carbocycles. The second-order valence-electron chi connectivity index (χ2n) is 3.89. The van der Waals surface area contributed by atoms with Gasteiger partial charge in [-0.15, -0.1) is 11.3 Å². The molecule has 0 aromatic carbocycles. The number of aryl methyl sites for hydroxylation is 2. The quantitative estimate of drug-likeness (QED) is 0.825. The number of aliphatic hydroxyl groups excluding tert-OH is 1. The first-order valence-electron chi connectivity index (χ1n) is 5.40. The van der Waals surface area contributed by atoms with Crippen LogP contribution in [-0.4, -0.2) is 28.6 Å². The first-order valence-corrected chi connectivity index (χ1v) is 6.22. The highest BCUT2D eigenvalue weighted by atomic mass is 32.1. The highest BCUT2D eigenvalue weighted by Crippen LogP contribution is 2.17. The lowest BCUT2D eigenvalue weighted by Gasteiger charge is -2.12. The Balaban J connectivity index is 2.55. The van der Waals surface area contributed by atoms with Crippen molar-refractivity contribution in [3.63, 3.8) is 0 Å². The van der Waals surface area contributed by atoms with E-state index in [9.17, 15) is 4.79 Å². The number of thiazole rings is 1. The first kappa shape index (κ1) is 13.1. The van der Waals surface area contributed by atoms with Gasteiger partial charge in [-0.1, -0.05) is 0 Å². The number of carbonyl (C=O) groups is 1. The average molecular weight is 242 g/mol. The zero-order valence-corrected chi connectivity index (χ0v) is 10.7. The average Bonchev–Trinajstić information content (AvgIpc) is 2.54. The summed E-state index contributed by atoms with van der Waals surface area (Å²) in [5.41, 5.74) is 0.786. The summed E-state index contributed by atoms with van der Waals surface area (Å²) in [5.74, 6) is -0.0615. The third-order valence-electron chi connectivity index (χ3n) is 2.28. The van der Waals surface area contributed by atoms with E-state index in [1.165, 1.54) is 11.3 Å². The molecule has 1 atom stereocenters. The van der Waals surface area contributed by atoms with E-state index in [4.69, 9.17) is 5.11 Å². The molecule has 5 heteroatoms. The summed E-state index contributed by atoms with van der Waals surface area (Å²) in [6, 6.07) is 0.0847. The smallest absolute Gasteiger partial charge is 0.263 e. The number of hydrogen-bond acceptors (Lipinski definition) is 4. The molecular weight excluding hydrogens is 224 g/mol. The Labute approximate surface area is 99.7 Å². The summed E-state index contributed by atoms with van der Waals surface area (Å²) >= 11 is 1.42. The zero-order chi connectivity index (χ0) is 12.1. The van der Waals surface area contributed by atoms with Crippen molar-refractivity contribution in [2.45, 2.75) is 39.7 Å². The maximum atomic E-state index is 11.8. The number of nitrogens with zero attached hydrogens (tertiary/aromatic N) is 1. The van der Waals surface area contributed by atoms with E-state index in [2.05, 4.69) is 10.3 Å². The van der Waals surface area contributed by atoms with Crippen LogP contribution in [0.5, 0.6) is 0 Å². The summed E-state index contributed by atoms with van der Waals surface area (Å²) in [4.78, 5) is 16.8. The Kier molecular flexibility index (Phi) is 4.89. The summed E-state index contributed by atoms with van der Waals surface area (Å²) in [6.45, 7) is 5.84. The van der Waals surface area contributed by atoms with Gasteiger partial charge < -0.3 is 10.4 Å². The van der Waals surface area contributed by atoms with E-state index in [-0.39, 0.29) is 18.6 Å². The summed E-state index contributed by atoms with van der Waals surface area (Å²) in [6.07, 6.45) is 1.50. The minimum absolute atomic E-state index is 0.0615. The van der Waals surface area contributed by atoms with E-state index in [0.717, 1.165) is 17.1 Å². The van der Waals surface area contributed by atoms with E-state index >= 15 is 0 Å². The van der Waals surface area contributed by atoms with Crippen molar-refractivity contribution >= 4 is 17.2 Å². The Morgan fingerprint density at radius 3 is 2.75 bits per heavy atom. The Morgan fingerprint density at radius 2 is 2.25 bits per heavy atom. The molecule has 16 heavy (non-hydrogen) atoms. The van der Waals surface area contributed by atoms with Crippen LogP contribution >= 0.6 is 11.3 Å². The third-order valence-corrected chi connectivity index (χ3v) is 3.35. The van der Waals surface area contributed by atoms with Crippen LogP contribution in [0.4, 0.5) is 0 Å². The van der Waals surface area contributed by atoms with Crippen molar-refractivity contribution in [1.82, 2.24) is 10.3 Å². The normalized spacial score (nSPS) is 12.5. The molecule has 0 saturated heterocycles. The molecule has 1 amide bonds. The van der Waals surface area contributed by atoms with Gasteiger partial charge in [-0.05, 0) is 33.6 Å². The van der Waals surface area contributed by atoms with Gasteiger partial charge in [0.1, 0.15) is 4.88 Å². The van der Waals surface area contributed by atoms with Crippen LogP contribution in [0.25, 0.3) is 0 Å². The van der Waals surface area contributed by atoms with E-state index in [1.54, 1.807) is 0 Å². The van der Waals surface area contributed by atoms with Crippen molar-refractivity contribution in [2.75, 3.05) is 6.61 Å². The largest absolute Gasteiger partial charge is 0.396 e. The minimum atomic E-state index is -0.0615. The van der Waals surface area contributed by atoms with Crippen LogP contribution < -0.4 is 5.32 Å². The van der Waals surface area contributed by atoms with Gasteiger partial charge in [0.05, 0.1) is 10.7 Å². The Morgan fingerprint density at radius 1 is 1.56 bits per heavy atom. The molecule has 90 valence electrons. The van der Waals surface area contributed by atoms with Crippen molar-refractivity contribution in [3.05, 3.63) is 15.6 Å². The second-order valence-corrected chi connectivity index (χ2v) is 5.09. The lowest BCUT2D eigenvalue weighted by atomic mass is 10.2. The lowest BCUT2D eigenvalue weighted by molar-refractivity contribution is 0.0939. The van der Waals surface area contributed by atoms with Crippen LogP contribution in [0.3, 0.4) is 0 Å². The maximum Gasteiger partial charge on any atom is 0.263 e. The molecule has 1 unspecified atom stereocenters. The van der Waals surface area contributed by atoms with Gasteiger partial charge in [0.2, 0.25) is 0 Å². The van der Waals surface area contributed by atoms with Crippen molar-refractivity contribution in [2.24, 2.45) is 0 Å². The molecule has 1 heterocycles. The molecule has 0 saturated carbocycles. The fourth-order valence-electron chi connectivity index (χ4n) is 1.50. The van der Waals surface area contributed by atoms with Gasteiger partial charge >= 0.3 is 0 Å². The van der Waals surface area contributed by atoms with E-state index in [1.807, 2.05) is 20.8 Å². The third kappa shape index (κ3) is 3.57. The summed E-state index contributed by atoms with van der Waals surface area (Å²) < 4.78 is 0. The fraction of sp³-hybridized carbons (Fsp3) is 0.636. The number of rotatable bonds is 5. The monoisotopic (exact) mass is 242 g/mol. The van der Waals surface area contributed by atoms with Crippen molar-refractivity contribution < 1.29 is 9.90 Å². The Bertz CT molecular complexity index is 363. The SMILES string of the molecule is Cc1nc(C)c(C(=O)NC(C)CCCO)s1. The predicted molar refractivity (Wildman–Crippen MR) is 64.8 cm³/mol. The van der Waals surface area contributed by atoms with E-state index < -0.39 is 0 Å². The molecule has 1 aromatic heterocycles. The number of nitrogens with one attached hydrogen (secondary N) is 1. The number of aromatic nitrogens is 1. The topological polar surface area (TPSA) is 62.2 Å². The number of carbonyl (C=O) groups excluding carboxylic acids is 1. The van der Waals surface area contributed by atoms with Crippen LogP contribution in [0, 0.1) is 13.8 Å². The molecule has 0 bridgehead atoms. The zero-order valence-electron chi connectivity index (χ0n) is 9.91. The van der Waals surface area contributed by atoms with Gasteiger partial charge in [-0.3, -0.25) is 4.79 Å². The van der Waals surface area contributed by atoms with Crippen LogP contribution in [0.1, 0.15) is 40.1 Å². The molecule has 0 fully saturated rings. The van der Waals surface area contributed by atoms with E-state index in [0.29, 0.717) is 11.3 Å². The van der Waals surface area contributed by atoms with Crippen molar-refractivity contribution in [3.8, 4) is 0 Å². The molecule has 2 N–H and O–H groups in total. The van der Waals surface area contributed by atoms with Gasteiger partial charge in [-0.2, -0.15) is 0 Å². The molecular formula is C11H18N2O2S. The van der Waals surface area contributed by atoms with Crippen LogP contribution in [0.15, 0.2) is 0 Å². The minimum Gasteiger partial charge on any atom is -0.396 e. The van der Waals surface area contributed by atoms with Crippen LogP contribution in [-0.2, 0) is 0 Å². The Hall–Kier alpha value is -0.940. The lowest BCUT2D eigenvalue weighted by Crippen LogP contribution is -2.32. The molecule has 0 radical (unpaired) electrons. The molecule has 0 aliphatic heterocycles. The molecule has 4 nitrogen and oxygen atoms in total. The number of hydrogen-bond donors (Lipinski definition) is 2.